The van der Waals surface area contributed by atoms with E-state index in [1.54, 1.807) is 32.3 Å². The van der Waals surface area contributed by atoms with Crippen LogP contribution in [0.1, 0.15) is 16.7 Å². The van der Waals surface area contributed by atoms with Gasteiger partial charge in [0.15, 0.2) is 8.07 Å². The largest absolute Gasteiger partial charge is 0.156 e. The van der Waals surface area contributed by atoms with Gasteiger partial charge in [-0.3, -0.25) is 0 Å². The van der Waals surface area contributed by atoms with Crippen LogP contribution in [0.5, 0.6) is 0 Å². The molecule has 2 unspecified atom stereocenters. The van der Waals surface area contributed by atoms with E-state index in [9.17, 15) is 0 Å². The Hall–Kier alpha value is -2.64. The predicted molar refractivity (Wildman–Crippen MR) is 116 cm³/mol. The Balaban J connectivity index is 1.79. The number of fused-ring (bicyclic) bond motifs is 8. The molecule has 0 nitrogen and oxygen atoms in total. The molecule has 6 rings (SSSR count). The van der Waals surface area contributed by atoms with E-state index in [0.717, 1.165) is 6.42 Å². The van der Waals surface area contributed by atoms with Crippen molar-refractivity contribution in [2.75, 3.05) is 0 Å². The van der Waals surface area contributed by atoms with Gasteiger partial charge in [0.1, 0.15) is 0 Å². The third-order valence-corrected chi connectivity index (χ3v) is 12.5. The van der Waals surface area contributed by atoms with Crippen LogP contribution in [0.2, 0.25) is 5.54 Å². The quantitative estimate of drug-likeness (QED) is 0.535. The van der Waals surface area contributed by atoms with Gasteiger partial charge in [-0.05, 0) is 56.6 Å². The van der Waals surface area contributed by atoms with Crippen LogP contribution in [-0.4, -0.2) is 8.07 Å². The number of hydrogen-bond acceptors (Lipinski definition) is 0. The second kappa shape index (κ2) is 5.67. The summed E-state index contributed by atoms with van der Waals surface area (Å²) in [7, 11) is -2.13. The lowest BCUT2D eigenvalue weighted by Gasteiger charge is -2.50. The topological polar surface area (TPSA) is 0 Å². The number of rotatable bonds is 0. The minimum Gasteiger partial charge on any atom is -0.0825 e. The van der Waals surface area contributed by atoms with Crippen molar-refractivity contribution in [3.63, 3.8) is 0 Å². The van der Waals surface area contributed by atoms with Crippen LogP contribution in [0.4, 0.5) is 0 Å². The van der Waals surface area contributed by atoms with E-state index < -0.39 is 8.07 Å². The first-order chi connectivity index (χ1) is 13.4. The monoisotopic (exact) mass is 362 g/mol. The van der Waals surface area contributed by atoms with Crippen molar-refractivity contribution >= 4 is 23.6 Å². The summed E-state index contributed by atoms with van der Waals surface area (Å²) in [4.78, 5) is 0. The molecule has 0 saturated carbocycles. The second-order valence-electron chi connectivity index (χ2n) is 8.12. The van der Waals surface area contributed by atoms with Crippen molar-refractivity contribution in [3.05, 3.63) is 114 Å². The predicted octanol–water partition coefficient (Wildman–Crippen LogP) is 3.73. The molecule has 0 bridgehead atoms. The van der Waals surface area contributed by atoms with Gasteiger partial charge in [0.25, 0.3) is 0 Å². The lowest BCUT2D eigenvalue weighted by molar-refractivity contribution is 0.631. The lowest BCUT2D eigenvalue weighted by atomic mass is 9.91. The zero-order chi connectivity index (χ0) is 17.8. The zero-order valence-corrected chi connectivity index (χ0v) is 16.3. The molecule has 2 heterocycles. The van der Waals surface area contributed by atoms with Crippen LogP contribution < -0.4 is 15.6 Å². The van der Waals surface area contributed by atoms with Crippen LogP contribution in [0.15, 0.2) is 97.1 Å². The summed E-state index contributed by atoms with van der Waals surface area (Å²) in [5.41, 5.74) is 5.25. The fourth-order valence-electron chi connectivity index (χ4n) is 5.95. The van der Waals surface area contributed by atoms with Gasteiger partial charge in [-0.15, -0.1) is 0 Å². The summed E-state index contributed by atoms with van der Waals surface area (Å²) < 4.78 is 0. The SMILES string of the molecule is C1=CC2Cc3ccccc3[Si]3(c4ccccc4Cc4ccccc43)C2C=C1. The Labute approximate surface area is 161 Å². The fourth-order valence-corrected chi connectivity index (χ4v) is 12.3. The van der Waals surface area contributed by atoms with E-state index in [1.807, 2.05) is 0 Å². The Kier molecular flexibility index (Phi) is 3.24. The summed E-state index contributed by atoms with van der Waals surface area (Å²) in [5.74, 6) is 0.607. The fraction of sp³-hybridized carbons (Fsp3) is 0.154. The Bertz CT molecular complexity index is 1060. The van der Waals surface area contributed by atoms with Crippen molar-refractivity contribution in [2.24, 2.45) is 5.92 Å². The molecule has 1 heteroatoms. The molecule has 0 aromatic heterocycles. The van der Waals surface area contributed by atoms with E-state index in [4.69, 9.17) is 0 Å². The Morgan fingerprint density at radius 3 is 1.78 bits per heavy atom. The first-order valence-corrected chi connectivity index (χ1v) is 12.1. The lowest BCUT2D eigenvalue weighted by Crippen LogP contribution is -2.75. The molecule has 1 aliphatic carbocycles. The Morgan fingerprint density at radius 2 is 1.11 bits per heavy atom. The maximum Gasteiger partial charge on any atom is 0.156 e. The average Bonchev–Trinajstić information content (AvgIpc) is 2.73. The molecule has 3 aromatic carbocycles. The van der Waals surface area contributed by atoms with Gasteiger partial charge in [-0.1, -0.05) is 97.1 Å². The van der Waals surface area contributed by atoms with Crippen LogP contribution in [0.25, 0.3) is 0 Å². The maximum absolute atomic E-state index is 2.53. The molecular formula is C26H22Si. The third kappa shape index (κ3) is 1.98. The minimum absolute atomic E-state index is 0.597. The summed E-state index contributed by atoms with van der Waals surface area (Å²) in [6, 6.07) is 27.9. The maximum atomic E-state index is 2.53. The van der Waals surface area contributed by atoms with Gasteiger partial charge in [-0.25, -0.2) is 0 Å². The van der Waals surface area contributed by atoms with E-state index in [-0.39, 0.29) is 0 Å². The van der Waals surface area contributed by atoms with Gasteiger partial charge >= 0.3 is 0 Å². The highest BCUT2D eigenvalue weighted by atomic mass is 28.3. The van der Waals surface area contributed by atoms with Crippen molar-refractivity contribution in [2.45, 2.75) is 18.4 Å². The van der Waals surface area contributed by atoms with Gasteiger partial charge < -0.3 is 0 Å². The highest BCUT2D eigenvalue weighted by Crippen LogP contribution is 2.42. The van der Waals surface area contributed by atoms with Crippen molar-refractivity contribution in [1.29, 1.82) is 0 Å². The van der Waals surface area contributed by atoms with Crippen molar-refractivity contribution < 1.29 is 0 Å². The molecule has 0 saturated heterocycles. The molecule has 2 aliphatic heterocycles. The molecule has 130 valence electrons. The minimum atomic E-state index is -2.13. The summed E-state index contributed by atoms with van der Waals surface area (Å²) >= 11 is 0. The summed E-state index contributed by atoms with van der Waals surface area (Å²) in [6.45, 7) is 0. The van der Waals surface area contributed by atoms with E-state index in [2.05, 4.69) is 97.1 Å². The van der Waals surface area contributed by atoms with E-state index in [1.165, 1.54) is 6.42 Å². The normalized spacial score (nSPS) is 23.3. The zero-order valence-electron chi connectivity index (χ0n) is 15.3. The first-order valence-electron chi connectivity index (χ1n) is 9.99. The van der Waals surface area contributed by atoms with Crippen molar-refractivity contribution in [3.8, 4) is 0 Å². The van der Waals surface area contributed by atoms with Gasteiger partial charge in [0.05, 0.1) is 0 Å². The number of benzene rings is 3. The van der Waals surface area contributed by atoms with Gasteiger partial charge in [-0.2, -0.15) is 0 Å². The third-order valence-electron chi connectivity index (χ3n) is 6.91. The molecule has 0 N–H and O–H groups in total. The van der Waals surface area contributed by atoms with Gasteiger partial charge in [0, 0.05) is 0 Å². The van der Waals surface area contributed by atoms with Crippen LogP contribution in [-0.2, 0) is 12.8 Å². The Morgan fingerprint density at radius 1 is 0.593 bits per heavy atom. The first kappa shape index (κ1) is 15.4. The van der Waals surface area contributed by atoms with Crippen LogP contribution >= 0.6 is 0 Å². The summed E-state index contributed by atoms with van der Waals surface area (Å²) in [5, 5.41) is 4.93. The average molecular weight is 363 g/mol. The second-order valence-corrected chi connectivity index (χ2v) is 12.0. The van der Waals surface area contributed by atoms with Gasteiger partial charge in [0.2, 0.25) is 0 Å². The highest BCUT2D eigenvalue weighted by molar-refractivity contribution is 7.13. The number of allylic oxidation sites excluding steroid dienone is 4. The molecule has 3 aromatic rings. The number of hydrogen-bond donors (Lipinski definition) is 0. The smallest absolute Gasteiger partial charge is 0.0825 e. The van der Waals surface area contributed by atoms with E-state index in [0.29, 0.717) is 11.5 Å². The standard InChI is InChI=1S/C26H22Si/c1-5-13-23-19(9-1)17-20-10-2-6-14-24(20)27(23)25-15-7-3-11-21(25)18-22-12-4-8-16-26(22)27/h1-16,19,23H,17-18H2. The molecule has 0 radical (unpaired) electrons. The molecule has 2 atom stereocenters. The molecular weight excluding hydrogens is 340 g/mol. The molecule has 0 amide bonds. The highest BCUT2D eigenvalue weighted by Gasteiger charge is 2.54. The van der Waals surface area contributed by atoms with Crippen LogP contribution in [0.3, 0.4) is 0 Å². The molecule has 3 aliphatic rings. The van der Waals surface area contributed by atoms with Crippen LogP contribution in [0, 0.1) is 5.92 Å². The molecule has 0 fully saturated rings. The van der Waals surface area contributed by atoms with E-state index >= 15 is 0 Å². The molecule has 27 heavy (non-hydrogen) atoms. The van der Waals surface area contributed by atoms with Crippen molar-refractivity contribution in [1.82, 2.24) is 0 Å². The molecule has 1 spiro atoms. The summed E-state index contributed by atoms with van der Waals surface area (Å²) in [6.07, 6.45) is 11.8.